The number of rotatable bonds is 7. The summed E-state index contributed by atoms with van der Waals surface area (Å²) in [6.45, 7) is 2.52. The zero-order chi connectivity index (χ0) is 25.4. The highest BCUT2D eigenvalue weighted by Crippen LogP contribution is 2.34. The molecule has 1 saturated heterocycles. The first-order valence-corrected chi connectivity index (χ1v) is 13.9. The molecule has 0 radical (unpaired) electrons. The van der Waals surface area contributed by atoms with Crippen LogP contribution in [0.15, 0.2) is 60.0 Å². The quantitative estimate of drug-likeness (QED) is 0.392. The zero-order valence-corrected chi connectivity index (χ0v) is 21.9. The Morgan fingerprint density at radius 3 is 2.81 bits per heavy atom. The van der Waals surface area contributed by atoms with E-state index >= 15 is 0 Å². The number of para-hydroxylation sites is 1. The molecule has 0 saturated carbocycles. The third kappa shape index (κ3) is 4.89. The molecule has 4 aromatic rings. The second-order valence-electron chi connectivity index (χ2n) is 10.0. The fourth-order valence-corrected chi connectivity index (χ4v) is 6.59. The minimum absolute atomic E-state index is 0.225. The normalized spacial score (nSPS) is 17.8. The number of hydrogen-bond donors (Lipinski definition) is 1. The van der Waals surface area contributed by atoms with Crippen LogP contribution in [0, 0.1) is 0 Å². The summed E-state index contributed by atoms with van der Waals surface area (Å²) in [5, 5.41) is 17.5. The van der Waals surface area contributed by atoms with Gasteiger partial charge in [0.05, 0.1) is 10.2 Å². The number of aliphatic hydroxyl groups excluding tert-OH is 1. The number of aliphatic hydroxyl groups is 1. The number of carbonyl (C=O) groups is 1. The molecule has 8 heteroatoms. The second kappa shape index (κ2) is 10.3. The standard InChI is InChI=1S/C29H32N4O3S/c1-31-26-13-16-37-29(26)28(30-31)21-6-4-7-24(17-21)36-19-23(34)18-32-14-11-22(12-15-32)33-25-8-3-2-5-20(25)9-10-27(33)35/h2-8,13,16-17,22-23,34H,9-12,14-15,18-19H2,1H3/t23-/m1/s1. The van der Waals surface area contributed by atoms with Gasteiger partial charge in [0.15, 0.2) is 0 Å². The Bertz CT molecular complexity index is 1410. The van der Waals surface area contributed by atoms with E-state index in [4.69, 9.17) is 4.74 Å². The van der Waals surface area contributed by atoms with Crippen LogP contribution in [-0.2, 0) is 18.3 Å². The Balaban J connectivity index is 1.03. The molecule has 6 rings (SSSR count). The molecule has 4 heterocycles. The average Bonchev–Trinajstić information content (AvgIpc) is 3.52. The number of anilines is 1. The van der Waals surface area contributed by atoms with Crippen LogP contribution in [0.2, 0.25) is 0 Å². The number of nitrogens with zero attached hydrogens (tertiary/aromatic N) is 4. The van der Waals surface area contributed by atoms with Gasteiger partial charge in [0.25, 0.3) is 0 Å². The van der Waals surface area contributed by atoms with Crippen LogP contribution in [0.5, 0.6) is 5.75 Å². The maximum atomic E-state index is 12.8. The zero-order valence-electron chi connectivity index (χ0n) is 21.0. The lowest BCUT2D eigenvalue weighted by molar-refractivity contribution is -0.119. The van der Waals surface area contributed by atoms with Gasteiger partial charge in [0, 0.05) is 50.4 Å². The fourth-order valence-electron chi connectivity index (χ4n) is 5.66. The first-order valence-electron chi connectivity index (χ1n) is 13.0. The van der Waals surface area contributed by atoms with Gasteiger partial charge in [-0.1, -0.05) is 30.3 Å². The van der Waals surface area contributed by atoms with Crippen molar-refractivity contribution in [1.82, 2.24) is 14.7 Å². The highest BCUT2D eigenvalue weighted by molar-refractivity contribution is 7.17. The van der Waals surface area contributed by atoms with Crippen molar-refractivity contribution in [3.05, 3.63) is 65.5 Å². The van der Waals surface area contributed by atoms with Crippen LogP contribution in [0.4, 0.5) is 5.69 Å². The van der Waals surface area contributed by atoms with Crippen molar-refractivity contribution in [2.75, 3.05) is 31.1 Å². The second-order valence-corrected chi connectivity index (χ2v) is 10.9. The number of carbonyl (C=O) groups excluding carboxylic acids is 1. The van der Waals surface area contributed by atoms with E-state index in [1.807, 2.05) is 47.0 Å². The Morgan fingerprint density at radius 2 is 1.95 bits per heavy atom. The van der Waals surface area contributed by atoms with Crippen molar-refractivity contribution >= 4 is 33.1 Å². The number of ether oxygens (including phenoxy) is 1. The van der Waals surface area contributed by atoms with Gasteiger partial charge in [0.2, 0.25) is 5.91 Å². The number of likely N-dealkylation sites (tertiary alicyclic amines) is 1. The molecule has 192 valence electrons. The molecule has 1 atom stereocenters. The molecular formula is C29H32N4O3S. The highest BCUT2D eigenvalue weighted by atomic mass is 32.1. The monoisotopic (exact) mass is 516 g/mol. The molecular weight excluding hydrogens is 484 g/mol. The van der Waals surface area contributed by atoms with Gasteiger partial charge in [-0.2, -0.15) is 5.10 Å². The van der Waals surface area contributed by atoms with Crippen molar-refractivity contribution < 1.29 is 14.6 Å². The summed E-state index contributed by atoms with van der Waals surface area (Å²) in [5.74, 6) is 0.964. The van der Waals surface area contributed by atoms with Crippen LogP contribution in [-0.4, -0.2) is 64.1 Å². The molecule has 2 aromatic carbocycles. The maximum Gasteiger partial charge on any atom is 0.227 e. The summed E-state index contributed by atoms with van der Waals surface area (Å²) in [7, 11) is 1.96. The topological polar surface area (TPSA) is 70.8 Å². The number of piperidine rings is 1. The predicted molar refractivity (Wildman–Crippen MR) is 147 cm³/mol. The number of β-amino-alcohol motifs (C(OH)–C–C–N with tert-alkyl or cyclic N) is 1. The lowest BCUT2D eigenvalue weighted by Crippen LogP contribution is -2.50. The van der Waals surface area contributed by atoms with Crippen molar-refractivity contribution in [2.45, 2.75) is 37.8 Å². The molecule has 1 N–H and O–H groups in total. The van der Waals surface area contributed by atoms with Crippen molar-refractivity contribution in [1.29, 1.82) is 0 Å². The Morgan fingerprint density at radius 1 is 1.11 bits per heavy atom. The molecule has 37 heavy (non-hydrogen) atoms. The van der Waals surface area contributed by atoms with Crippen LogP contribution in [0.3, 0.4) is 0 Å². The molecule has 1 amide bonds. The summed E-state index contributed by atoms with van der Waals surface area (Å²) < 4.78 is 9.05. The van der Waals surface area contributed by atoms with Crippen LogP contribution in [0.25, 0.3) is 21.5 Å². The SMILES string of the molecule is Cn1nc(-c2cccc(OC[C@H](O)CN3CCC(N4C(=O)CCc5ccccc54)CC3)c2)c2sccc21. The predicted octanol–water partition coefficient (Wildman–Crippen LogP) is 4.49. The summed E-state index contributed by atoms with van der Waals surface area (Å²) in [6.07, 6.45) is 2.66. The minimum atomic E-state index is -0.587. The molecule has 0 aliphatic carbocycles. The maximum absolute atomic E-state index is 12.8. The third-order valence-electron chi connectivity index (χ3n) is 7.53. The van der Waals surface area contributed by atoms with E-state index in [9.17, 15) is 9.90 Å². The van der Waals surface area contributed by atoms with Crippen LogP contribution < -0.4 is 9.64 Å². The fraction of sp³-hybridized carbons (Fsp3) is 0.379. The van der Waals surface area contributed by atoms with Gasteiger partial charge >= 0.3 is 0 Å². The van der Waals surface area contributed by atoms with Gasteiger partial charge in [0.1, 0.15) is 24.2 Å². The summed E-state index contributed by atoms with van der Waals surface area (Å²) in [6, 6.07) is 18.5. The summed E-state index contributed by atoms with van der Waals surface area (Å²) in [5.41, 5.74) is 5.44. The van der Waals surface area contributed by atoms with Gasteiger partial charge in [-0.25, -0.2) is 0 Å². The first-order chi connectivity index (χ1) is 18.1. The van der Waals surface area contributed by atoms with Gasteiger partial charge in [-0.15, -0.1) is 11.3 Å². The van der Waals surface area contributed by atoms with E-state index < -0.39 is 6.10 Å². The van der Waals surface area contributed by atoms with Crippen LogP contribution in [0.1, 0.15) is 24.8 Å². The Labute approximate surface area is 220 Å². The van der Waals surface area contributed by atoms with Gasteiger partial charge < -0.3 is 19.6 Å². The van der Waals surface area contributed by atoms with Crippen molar-refractivity contribution in [2.24, 2.45) is 7.05 Å². The number of hydrogen-bond acceptors (Lipinski definition) is 6. The van der Waals surface area contributed by atoms with E-state index in [0.717, 1.165) is 65.3 Å². The minimum Gasteiger partial charge on any atom is -0.491 e. The number of aryl methyl sites for hydroxylation is 2. The average molecular weight is 517 g/mol. The van der Waals surface area contributed by atoms with E-state index in [2.05, 4.69) is 39.6 Å². The van der Waals surface area contributed by atoms with Crippen LogP contribution >= 0.6 is 11.3 Å². The summed E-state index contributed by atoms with van der Waals surface area (Å²) in [4.78, 5) is 17.1. The van der Waals surface area contributed by atoms with Gasteiger partial charge in [-0.05, 0) is 54.5 Å². The van der Waals surface area contributed by atoms with E-state index in [-0.39, 0.29) is 18.6 Å². The largest absolute Gasteiger partial charge is 0.491 e. The smallest absolute Gasteiger partial charge is 0.227 e. The number of amides is 1. The number of benzene rings is 2. The molecule has 7 nitrogen and oxygen atoms in total. The molecule has 0 spiro atoms. The lowest BCUT2D eigenvalue weighted by atomic mass is 9.95. The molecule has 1 fully saturated rings. The lowest BCUT2D eigenvalue weighted by Gasteiger charge is -2.41. The van der Waals surface area contributed by atoms with E-state index in [0.29, 0.717) is 13.0 Å². The summed E-state index contributed by atoms with van der Waals surface area (Å²) >= 11 is 1.69. The molecule has 2 aliphatic rings. The van der Waals surface area contributed by atoms with Crippen molar-refractivity contribution in [3.63, 3.8) is 0 Å². The number of aromatic nitrogens is 2. The molecule has 2 aromatic heterocycles. The highest BCUT2D eigenvalue weighted by Gasteiger charge is 2.32. The third-order valence-corrected chi connectivity index (χ3v) is 8.44. The van der Waals surface area contributed by atoms with E-state index in [1.54, 1.807) is 11.3 Å². The number of fused-ring (bicyclic) bond motifs is 2. The van der Waals surface area contributed by atoms with Crippen molar-refractivity contribution in [3.8, 4) is 17.0 Å². The Hall–Kier alpha value is -3.20. The number of thiophene rings is 1. The van der Waals surface area contributed by atoms with Gasteiger partial charge in [-0.3, -0.25) is 9.48 Å². The molecule has 2 aliphatic heterocycles. The molecule has 0 unspecified atom stereocenters. The first kappa shape index (κ1) is 24.2. The van der Waals surface area contributed by atoms with E-state index in [1.165, 1.54) is 5.56 Å². The molecule has 0 bridgehead atoms. The Kier molecular flexibility index (Phi) is 6.71.